The van der Waals surface area contributed by atoms with Gasteiger partial charge in [0.2, 0.25) is 0 Å². The number of benzene rings is 1. The maximum absolute atomic E-state index is 11.6. The van der Waals surface area contributed by atoms with Gasteiger partial charge in [-0.25, -0.2) is 4.98 Å². The van der Waals surface area contributed by atoms with Crippen molar-refractivity contribution >= 4 is 28.1 Å². The van der Waals surface area contributed by atoms with Crippen LogP contribution in [0.1, 0.15) is 15.4 Å². The van der Waals surface area contributed by atoms with E-state index in [1.807, 2.05) is 31.2 Å². The number of rotatable bonds is 4. The molecule has 100 valence electrons. The molecule has 2 aromatic rings. The summed E-state index contributed by atoms with van der Waals surface area (Å²) in [5.74, 6) is 0.611. The molecule has 6 heteroatoms. The Morgan fingerprint density at radius 3 is 2.79 bits per heavy atom. The van der Waals surface area contributed by atoms with Crippen LogP contribution in [0.2, 0.25) is 0 Å². The Labute approximate surface area is 115 Å². The Morgan fingerprint density at radius 2 is 2.11 bits per heavy atom. The van der Waals surface area contributed by atoms with Gasteiger partial charge >= 0.3 is 0 Å². The zero-order valence-electron chi connectivity index (χ0n) is 11.0. The molecule has 0 radical (unpaired) electrons. The number of nitrogens with one attached hydrogen (secondary N) is 2. The van der Waals surface area contributed by atoms with Crippen molar-refractivity contribution in [3.63, 3.8) is 0 Å². The van der Waals surface area contributed by atoms with Crippen LogP contribution in [0.25, 0.3) is 0 Å². The summed E-state index contributed by atoms with van der Waals surface area (Å²) in [7, 11) is 3.22. The van der Waals surface area contributed by atoms with Gasteiger partial charge in [-0.3, -0.25) is 4.79 Å². The van der Waals surface area contributed by atoms with E-state index < -0.39 is 0 Å². The van der Waals surface area contributed by atoms with Gasteiger partial charge in [0.1, 0.15) is 10.6 Å². The molecular formula is C13H15N3O2S. The number of anilines is 2. The lowest BCUT2D eigenvalue weighted by Gasteiger charge is -2.07. The summed E-state index contributed by atoms with van der Waals surface area (Å²) in [6, 6.07) is 7.57. The highest BCUT2D eigenvalue weighted by atomic mass is 32.1. The normalized spacial score (nSPS) is 10.1. The Balaban J connectivity index is 2.27. The molecule has 2 N–H and O–H groups in total. The quantitative estimate of drug-likeness (QED) is 0.901. The Kier molecular flexibility index (Phi) is 4.01. The number of carbonyl (C=O) groups is 1. The molecule has 1 heterocycles. The molecule has 0 saturated carbocycles. The number of carbonyl (C=O) groups excluding carboxylic acids is 1. The molecule has 19 heavy (non-hydrogen) atoms. The fourth-order valence-corrected chi connectivity index (χ4v) is 2.56. The molecule has 0 aliphatic heterocycles. The van der Waals surface area contributed by atoms with E-state index in [1.54, 1.807) is 14.2 Å². The van der Waals surface area contributed by atoms with E-state index in [9.17, 15) is 4.79 Å². The van der Waals surface area contributed by atoms with Crippen LogP contribution < -0.4 is 15.4 Å². The molecule has 0 bridgehead atoms. The SMILES string of the molecule is CNC(=O)c1sc(Nc2ccccc2OC)nc1C. The first kappa shape index (κ1) is 13.4. The van der Waals surface area contributed by atoms with Crippen molar-refractivity contribution in [2.75, 3.05) is 19.5 Å². The molecule has 2 rings (SSSR count). The fourth-order valence-electron chi connectivity index (χ4n) is 1.64. The van der Waals surface area contributed by atoms with Gasteiger partial charge in [-0.1, -0.05) is 23.5 Å². The highest BCUT2D eigenvalue weighted by Crippen LogP contribution is 2.30. The highest BCUT2D eigenvalue weighted by Gasteiger charge is 2.14. The standard InChI is InChI=1S/C13H15N3O2S/c1-8-11(12(17)14-2)19-13(15-8)16-9-6-4-5-7-10(9)18-3/h4-7H,1-3H3,(H,14,17)(H,15,16). The summed E-state index contributed by atoms with van der Waals surface area (Å²) in [5, 5.41) is 6.43. The molecule has 1 aromatic carbocycles. The number of methoxy groups -OCH3 is 1. The van der Waals surface area contributed by atoms with Crippen LogP contribution in [0, 0.1) is 6.92 Å². The molecule has 0 saturated heterocycles. The molecule has 5 nitrogen and oxygen atoms in total. The molecule has 0 aliphatic rings. The van der Waals surface area contributed by atoms with Gasteiger partial charge in [-0.2, -0.15) is 0 Å². The minimum absolute atomic E-state index is 0.122. The third-order valence-corrected chi connectivity index (χ3v) is 3.65. The molecular weight excluding hydrogens is 262 g/mol. The Hall–Kier alpha value is -2.08. The van der Waals surface area contributed by atoms with Crippen LogP contribution >= 0.6 is 11.3 Å². The minimum Gasteiger partial charge on any atom is -0.495 e. The van der Waals surface area contributed by atoms with Gasteiger partial charge in [0, 0.05) is 7.05 Å². The van der Waals surface area contributed by atoms with Gasteiger partial charge in [-0.15, -0.1) is 0 Å². The van der Waals surface area contributed by atoms with Crippen LogP contribution in [-0.2, 0) is 0 Å². The van der Waals surface area contributed by atoms with Crippen molar-refractivity contribution in [3.8, 4) is 5.75 Å². The molecule has 0 spiro atoms. The summed E-state index contributed by atoms with van der Waals surface area (Å²) in [5.41, 5.74) is 1.53. The fraction of sp³-hybridized carbons (Fsp3) is 0.231. The first-order valence-corrected chi connectivity index (χ1v) is 6.57. The zero-order valence-corrected chi connectivity index (χ0v) is 11.8. The van der Waals surface area contributed by atoms with Crippen LogP contribution in [0.3, 0.4) is 0 Å². The van der Waals surface area contributed by atoms with Crippen LogP contribution in [0.4, 0.5) is 10.8 Å². The number of nitrogens with zero attached hydrogens (tertiary/aromatic N) is 1. The molecule has 0 fully saturated rings. The third-order valence-electron chi connectivity index (χ3n) is 2.58. The van der Waals surface area contributed by atoms with Crippen molar-refractivity contribution in [2.45, 2.75) is 6.92 Å². The van der Waals surface area contributed by atoms with E-state index in [2.05, 4.69) is 15.6 Å². The molecule has 0 aliphatic carbocycles. The first-order chi connectivity index (χ1) is 9.15. The van der Waals surface area contributed by atoms with Crippen molar-refractivity contribution in [2.24, 2.45) is 0 Å². The number of para-hydroxylation sites is 2. The van der Waals surface area contributed by atoms with Crippen LogP contribution in [-0.4, -0.2) is 25.0 Å². The van der Waals surface area contributed by atoms with E-state index in [4.69, 9.17) is 4.74 Å². The number of amides is 1. The zero-order chi connectivity index (χ0) is 13.8. The van der Waals surface area contributed by atoms with Crippen LogP contribution in [0.15, 0.2) is 24.3 Å². The topological polar surface area (TPSA) is 63.2 Å². The molecule has 1 amide bonds. The second-order valence-electron chi connectivity index (χ2n) is 3.84. The first-order valence-electron chi connectivity index (χ1n) is 5.75. The van der Waals surface area contributed by atoms with Crippen molar-refractivity contribution < 1.29 is 9.53 Å². The summed E-state index contributed by atoms with van der Waals surface area (Å²) in [4.78, 5) is 16.6. The van der Waals surface area contributed by atoms with E-state index in [0.717, 1.165) is 11.4 Å². The average molecular weight is 277 g/mol. The monoisotopic (exact) mass is 277 g/mol. The lowest BCUT2D eigenvalue weighted by Crippen LogP contribution is -2.17. The summed E-state index contributed by atoms with van der Waals surface area (Å²) < 4.78 is 5.26. The van der Waals surface area contributed by atoms with E-state index in [-0.39, 0.29) is 5.91 Å². The van der Waals surface area contributed by atoms with Crippen molar-refractivity contribution in [3.05, 3.63) is 34.8 Å². The Bertz CT molecular complexity index is 595. The largest absolute Gasteiger partial charge is 0.495 e. The molecule has 0 atom stereocenters. The lowest BCUT2D eigenvalue weighted by atomic mass is 10.3. The van der Waals surface area contributed by atoms with E-state index in [0.29, 0.717) is 15.7 Å². The van der Waals surface area contributed by atoms with Crippen molar-refractivity contribution in [1.29, 1.82) is 0 Å². The number of hydrogen-bond donors (Lipinski definition) is 2. The minimum atomic E-state index is -0.122. The second-order valence-corrected chi connectivity index (χ2v) is 4.84. The maximum atomic E-state index is 11.6. The number of hydrogen-bond acceptors (Lipinski definition) is 5. The third kappa shape index (κ3) is 2.85. The number of aryl methyl sites for hydroxylation is 1. The maximum Gasteiger partial charge on any atom is 0.263 e. The van der Waals surface area contributed by atoms with Gasteiger partial charge in [0.05, 0.1) is 18.5 Å². The highest BCUT2D eigenvalue weighted by molar-refractivity contribution is 7.17. The van der Waals surface area contributed by atoms with E-state index in [1.165, 1.54) is 11.3 Å². The van der Waals surface area contributed by atoms with Crippen LogP contribution in [0.5, 0.6) is 5.75 Å². The van der Waals surface area contributed by atoms with E-state index >= 15 is 0 Å². The predicted octanol–water partition coefficient (Wildman–Crippen LogP) is 2.56. The summed E-state index contributed by atoms with van der Waals surface area (Å²) in [6.45, 7) is 1.81. The molecule has 1 aromatic heterocycles. The summed E-state index contributed by atoms with van der Waals surface area (Å²) >= 11 is 1.32. The average Bonchev–Trinajstić information content (AvgIpc) is 2.79. The second kappa shape index (κ2) is 5.71. The van der Waals surface area contributed by atoms with Gasteiger partial charge in [0.15, 0.2) is 5.13 Å². The number of aromatic nitrogens is 1. The number of thiazole rings is 1. The van der Waals surface area contributed by atoms with Gasteiger partial charge in [-0.05, 0) is 19.1 Å². The smallest absolute Gasteiger partial charge is 0.263 e. The number of ether oxygens (including phenoxy) is 1. The predicted molar refractivity (Wildman–Crippen MR) is 76.5 cm³/mol. The lowest BCUT2D eigenvalue weighted by molar-refractivity contribution is 0.0966. The van der Waals surface area contributed by atoms with Gasteiger partial charge in [0.25, 0.3) is 5.91 Å². The van der Waals surface area contributed by atoms with Crippen molar-refractivity contribution in [1.82, 2.24) is 10.3 Å². The van der Waals surface area contributed by atoms with Gasteiger partial charge < -0.3 is 15.4 Å². The summed E-state index contributed by atoms with van der Waals surface area (Å²) in [6.07, 6.45) is 0. The molecule has 0 unspecified atom stereocenters. The Morgan fingerprint density at radius 1 is 1.37 bits per heavy atom.